The van der Waals surface area contributed by atoms with Crippen LogP contribution in [0.1, 0.15) is 30.7 Å². The van der Waals surface area contributed by atoms with E-state index in [0.717, 1.165) is 11.1 Å². The summed E-state index contributed by atoms with van der Waals surface area (Å²) >= 11 is 0. The molecule has 2 aromatic carbocycles. The van der Waals surface area contributed by atoms with Gasteiger partial charge in [-0.3, -0.25) is 14.6 Å². The molecule has 4 aromatic rings. The summed E-state index contributed by atoms with van der Waals surface area (Å²) in [7, 11) is -1.51. The summed E-state index contributed by atoms with van der Waals surface area (Å²) in [5.41, 5.74) is 2.55. The van der Waals surface area contributed by atoms with Crippen LogP contribution in [0.4, 0.5) is 4.11 Å². The molecule has 1 unspecified atom stereocenters. The van der Waals surface area contributed by atoms with E-state index in [2.05, 4.69) is 15.4 Å². The summed E-state index contributed by atoms with van der Waals surface area (Å²) in [6.45, 7) is 5.98. The lowest BCUT2D eigenvalue weighted by atomic mass is 9.86. The second kappa shape index (κ2) is 10.5. The standard InChI is InChI=1S/C27H34FN5O4Si/c1-17-25(36-2)21-15-19(33-27(35)20-7-5-6-8-22(20)30-33)9-10-23(21)37-26(17)24(38(3,4)28)11-13-32-16-18(12-14-34)29-31-32/h5-10,15-17,24-26,30,34H,11-14H2,1-4H3/t17-,24?,25-,26-/m0/s1. The maximum absolute atomic E-state index is 15.8. The number of hydrogen-bond donors (Lipinski definition) is 2. The van der Waals surface area contributed by atoms with Crippen LogP contribution in [-0.4, -0.2) is 58.1 Å². The van der Waals surface area contributed by atoms with E-state index in [0.29, 0.717) is 41.9 Å². The third-order valence-electron chi connectivity index (χ3n) is 7.57. The van der Waals surface area contributed by atoms with Gasteiger partial charge in [0.25, 0.3) is 5.56 Å². The highest BCUT2D eigenvalue weighted by atomic mass is 28.4. The van der Waals surface area contributed by atoms with Gasteiger partial charge in [-0.25, -0.2) is 4.68 Å². The highest BCUT2D eigenvalue weighted by Gasteiger charge is 2.47. The van der Waals surface area contributed by atoms with E-state index in [4.69, 9.17) is 14.6 Å². The van der Waals surface area contributed by atoms with E-state index < -0.39 is 8.41 Å². The van der Waals surface area contributed by atoms with Gasteiger partial charge in [0.15, 0.2) is 0 Å². The number of para-hydroxylation sites is 1. The summed E-state index contributed by atoms with van der Waals surface area (Å²) < 4.78 is 31.5. The Morgan fingerprint density at radius 1 is 1.26 bits per heavy atom. The number of methoxy groups -OCH3 is 1. The van der Waals surface area contributed by atoms with Crippen molar-refractivity contribution in [3.63, 3.8) is 0 Å². The number of aromatic nitrogens is 5. The molecule has 0 saturated carbocycles. The van der Waals surface area contributed by atoms with Crippen molar-refractivity contribution in [2.24, 2.45) is 5.92 Å². The number of aliphatic hydroxyl groups excluding tert-OH is 1. The van der Waals surface area contributed by atoms with Crippen molar-refractivity contribution >= 4 is 19.3 Å². The molecular formula is C27H34FN5O4Si. The molecule has 2 N–H and O–H groups in total. The van der Waals surface area contributed by atoms with Gasteiger partial charge in [0.2, 0.25) is 8.41 Å². The summed E-state index contributed by atoms with van der Waals surface area (Å²) in [5.74, 6) is 0.512. The van der Waals surface area contributed by atoms with Gasteiger partial charge in [-0.05, 0) is 49.8 Å². The van der Waals surface area contributed by atoms with Gasteiger partial charge in [-0.2, -0.15) is 0 Å². The highest BCUT2D eigenvalue weighted by Crippen LogP contribution is 2.47. The number of H-pyrrole nitrogens is 1. The number of aryl methyl sites for hydroxylation is 1. The average molecular weight is 540 g/mol. The van der Waals surface area contributed by atoms with Crippen LogP contribution in [0.3, 0.4) is 0 Å². The lowest BCUT2D eigenvalue weighted by Crippen LogP contribution is -2.46. The maximum atomic E-state index is 15.8. The fourth-order valence-electron chi connectivity index (χ4n) is 5.59. The van der Waals surface area contributed by atoms with E-state index >= 15 is 4.11 Å². The molecule has 202 valence electrons. The zero-order valence-electron chi connectivity index (χ0n) is 22.1. The lowest BCUT2D eigenvalue weighted by molar-refractivity contribution is -0.0242. The minimum Gasteiger partial charge on any atom is -0.490 e. The highest BCUT2D eigenvalue weighted by molar-refractivity contribution is 6.72. The average Bonchev–Trinajstić information content (AvgIpc) is 3.48. The van der Waals surface area contributed by atoms with Gasteiger partial charge >= 0.3 is 0 Å². The molecular weight excluding hydrogens is 505 g/mol. The number of ether oxygens (including phenoxy) is 2. The number of nitrogens with zero attached hydrogens (tertiary/aromatic N) is 4. The molecule has 0 amide bonds. The topological polar surface area (TPSA) is 107 Å². The quantitative estimate of drug-likeness (QED) is 0.244. The molecule has 0 fully saturated rings. The Hall–Kier alpha value is -3.28. The molecule has 5 rings (SSSR count). The van der Waals surface area contributed by atoms with Gasteiger partial charge in [0.1, 0.15) is 11.9 Å². The second-order valence-electron chi connectivity index (χ2n) is 10.5. The summed E-state index contributed by atoms with van der Waals surface area (Å²) in [6, 6.07) is 13.0. The number of nitrogens with one attached hydrogen (secondary N) is 1. The minimum atomic E-state index is -3.16. The molecule has 9 nitrogen and oxygen atoms in total. The first kappa shape index (κ1) is 26.3. The molecule has 3 heterocycles. The Labute approximate surface area is 221 Å². The molecule has 11 heteroatoms. The van der Waals surface area contributed by atoms with E-state index in [1.165, 1.54) is 4.68 Å². The lowest BCUT2D eigenvalue weighted by Gasteiger charge is -2.43. The van der Waals surface area contributed by atoms with Crippen molar-refractivity contribution in [1.82, 2.24) is 24.8 Å². The molecule has 4 atom stereocenters. The van der Waals surface area contributed by atoms with Crippen LogP contribution in [0.15, 0.2) is 53.5 Å². The van der Waals surface area contributed by atoms with E-state index in [1.54, 1.807) is 37.1 Å². The second-order valence-corrected chi connectivity index (χ2v) is 14.4. The third kappa shape index (κ3) is 4.93. The van der Waals surface area contributed by atoms with Crippen LogP contribution in [-0.2, 0) is 17.7 Å². The Kier molecular flexibility index (Phi) is 7.25. The Morgan fingerprint density at radius 3 is 2.76 bits per heavy atom. The SMILES string of the molecule is CO[C@@H]1c2cc(-n3[nH]c4ccccc4c3=O)ccc2O[C@H](C(CCn2cc(CCO)nn2)[Si](C)(C)F)[C@H]1C. The molecule has 0 spiro atoms. The first-order valence-electron chi connectivity index (χ1n) is 12.9. The zero-order chi connectivity index (χ0) is 27.0. The van der Waals surface area contributed by atoms with Crippen molar-refractivity contribution < 1.29 is 18.7 Å². The van der Waals surface area contributed by atoms with Crippen LogP contribution in [0.2, 0.25) is 18.6 Å². The number of rotatable bonds is 9. The van der Waals surface area contributed by atoms with Gasteiger partial charge in [-0.15, -0.1) is 5.10 Å². The van der Waals surface area contributed by atoms with Crippen LogP contribution >= 0.6 is 0 Å². The summed E-state index contributed by atoms with van der Waals surface area (Å²) in [4.78, 5) is 13.0. The van der Waals surface area contributed by atoms with Gasteiger partial charge in [-0.1, -0.05) is 24.3 Å². The molecule has 0 saturated heterocycles. The molecule has 0 radical (unpaired) electrons. The number of benzene rings is 2. The van der Waals surface area contributed by atoms with Gasteiger partial charge in [0, 0.05) is 49.9 Å². The normalized spacial score (nSPS) is 20.3. The fourth-order valence-corrected chi connectivity index (χ4v) is 7.56. The number of fused-ring (bicyclic) bond motifs is 2. The number of aliphatic hydroxyl groups is 1. The van der Waals surface area contributed by atoms with Crippen LogP contribution in [0.25, 0.3) is 16.6 Å². The van der Waals surface area contributed by atoms with Crippen molar-refractivity contribution in [2.75, 3.05) is 13.7 Å². The molecule has 0 bridgehead atoms. The van der Waals surface area contributed by atoms with Crippen LogP contribution < -0.4 is 10.3 Å². The Morgan fingerprint density at radius 2 is 2.05 bits per heavy atom. The predicted molar refractivity (Wildman–Crippen MR) is 145 cm³/mol. The van der Waals surface area contributed by atoms with Crippen LogP contribution in [0.5, 0.6) is 5.75 Å². The summed E-state index contributed by atoms with van der Waals surface area (Å²) in [5, 5.41) is 21.1. The van der Waals surface area contributed by atoms with Crippen molar-refractivity contribution in [2.45, 2.75) is 57.2 Å². The zero-order valence-corrected chi connectivity index (χ0v) is 23.1. The minimum absolute atomic E-state index is 0.00756. The van der Waals surface area contributed by atoms with Gasteiger partial charge in [0.05, 0.1) is 28.4 Å². The molecule has 2 aromatic heterocycles. The molecule has 1 aliphatic rings. The van der Waals surface area contributed by atoms with Gasteiger partial charge < -0.3 is 18.7 Å². The smallest absolute Gasteiger partial charge is 0.279 e. The predicted octanol–water partition coefficient (Wildman–Crippen LogP) is 4.16. The number of halogens is 1. The molecule has 1 aliphatic heterocycles. The number of hydrogen-bond acceptors (Lipinski definition) is 6. The first-order valence-corrected chi connectivity index (χ1v) is 15.9. The fraction of sp³-hybridized carbons (Fsp3) is 0.444. The van der Waals surface area contributed by atoms with Crippen molar-refractivity contribution in [3.05, 3.63) is 70.3 Å². The molecule has 0 aliphatic carbocycles. The Bertz CT molecular complexity index is 1480. The van der Waals surface area contributed by atoms with E-state index in [1.807, 2.05) is 43.3 Å². The number of aromatic amines is 1. The van der Waals surface area contributed by atoms with Crippen LogP contribution in [0, 0.1) is 5.92 Å². The monoisotopic (exact) mass is 539 g/mol. The largest absolute Gasteiger partial charge is 0.490 e. The third-order valence-corrected chi connectivity index (χ3v) is 9.95. The maximum Gasteiger partial charge on any atom is 0.279 e. The first-order chi connectivity index (χ1) is 18.2. The summed E-state index contributed by atoms with van der Waals surface area (Å²) in [6.07, 6.45) is 2.06. The Balaban J connectivity index is 1.44. The van der Waals surface area contributed by atoms with Crippen molar-refractivity contribution in [3.8, 4) is 11.4 Å². The molecule has 38 heavy (non-hydrogen) atoms. The van der Waals surface area contributed by atoms with Crippen molar-refractivity contribution in [1.29, 1.82) is 0 Å². The van der Waals surface area contributed by atoms with E-state index in [-0.39, 0.29) is 35.8 Å². The van der Waals surface area contributed by atoms with E-state index in [9.17, 15) is 4.79 Å².